The van der Waals surface area contributed by atoms with E-state index in [4.69, 9.17) is 20.2 Å². The highest BCUT2D eigenvalue weighted by molar-refractivity contribution is 6.06. The Morgan fingerprint density at radius 3 is 2.60 bits per heavy atom. The Kier molecular flexibility index (Phi) is 7.91. The summed E-state index contributed by atoms with van der Waals surface area (Å²) in [6, 6.07) is 14.9. The molecule has 0 aliphatic carbocycles. The number of nitrogens with zero attached hydrogens (tertiary/aromatic N) is 3. The van der Waals surface area contributed by atoms with Gasteiger partial charge in [0.2, 0.25) is 0 Å². The zero-order valence-corrected chi connectivity index (χ0v) is 21.7. The van der Waals surface area contributed by atoms with Crippen molar-refractivity contribution in [2.45, 2.75) is 66.5 Å². The van der Waals surface area contributed by atoms with Gasteiger partial charge in [0.1, 0.15) is 23.7 Å². The van der Waals surface area contributed by atoms with Crippen LogP contribution >= 0.6 is 0 Å². The topological polar surface area (TPSA) is 75.2 Å². The van der Waals surface area contributed by atoms with Crippen molar-refractivity contribution in [3.05, 3.63) is 59.4 Å². The minimum atomic E-state index is 0.440. The minimum absolute atomic E-state index is 0.440. The van der Waals surface area contributed by atoms with Crippen LogP contribution < -0.4 is 10.5 Å². The monoisotopic (exact) mass is 474 g/mol. The Bertz CT molecular complexity index is 1290. The fourth-order valence-corrected chi connectivity index (χ4v) is 4.47. The lowest BCUT2D eigenvalue weighted by Gasteiger charge is -2.14. The van der Waals surface area contributed by atoms with Gasteiger partial charge in [-0.1, -0.05) is 52.0 Å². The number of imidazole rings is 1. The number of pyridine rings is 1. The van der Waals surface area contributed by atoms with Gasteiger partial charge in [0, 0.05) is 24.6 Å². The van der Waals surface area contributed by atoms with E-state index in [0.717, 1.165) is 52.9 Å². The standard InChI is InChI=1S/C29H38N4O2/c1-6-34-18-26-32-27-28(33(26)17-19(2)3)24-13-12-23(16-25(24)31-29(27)30)35-14-8-10-21-9-7-11-22(15-21)20(4)5/h7,9,11-13,15-16,19-20H,6,8,10,14,17-18H2,1-5H3,(H2,30,31). The molecule has 35 heavy (non-hydrogen) atoms. The molecular weight excluding hydrogens is 436 g/mol. The number of hydrogen-bond acceptors (Lipinski definition) is 5. The maximum atomic E-state index is 6.36. The molecule has 0 aliphatic rings. The van der Waals surface area contributed by atoms with Crippen LogP contribution in [0.1, 0.15) is 63.9 Å². The van der Waals surface area contributed by atoms with Crippen molar-refractivity contribution in [3.8, 4) is 5.75 Å². The van der Waals surface area contributed by atoms with Gasteiger partial charge in [-0.2, -0.15) is 0 Å². The maximum absolute atomic E-state index is 6.36. The lowest BCUT2D eigenvalue weighted by Crippen LogP contribution is -2.10. The van der Waals surface area contributed by atoms with Crippen LogP contribution in [0.2, 0.25) is 0 Å². The SMILES string of the molecule is CCOCc1nc2c(N)nc3cc(OCCCc4cccc(C(C)C)c4)ccc3c2n1CC(C)C. The molecule has 0 atom stereocenters. The summed E-state index contributed by atoms with van der Waals surface area (Å²) in [5, 5.41) is 1.03. The number of anilines is 1. The Morgan fingerprint density at radius 1 is 1.03 bits per heavy atom. The van der Waals surface area contributed by atoms with Crippen LogP contribution in [0, 0.1) is 5.92 Å². The van der Waals surface area contributed by atoms with Gasteiger partial charge in [0.05, 0.1) is 17.6 Å². The van der Waals surface area contributed by atoms with Crippen LogP contribution in [0.3, 0.4) is 0 Å². The molecule has 2 aromatic carbocycles. The van der Waals surface area contributed by atoms with E-state index in [2.05, 4.69) is 67.6 Å². The Balaban J connectivity index is 1.54. The van der Waals surface area contributed by atoms with Gasteiger partial charge in [0.25, 0.3) is 0 Å². The highest BCUT2D eigenvalue weighted by Gasteiger charge is 2.18. The summed E-state index contributed by atoms with van der Waals surface area (Å²) in [6.45, 7) is 13.4. The summed E-state index contributed by atoms with van der Waals surface area (Å²) in [5.74, 6) is 3.14. The predicted octanol–water partition coefficient (Wildman–Crippen LogP) is 6.49. The van der Waals surface area contributed by atoms with Crippen molar-refractivity contribution in [2.75, 3.05) is 18.9 Å². The van der Waals surface area contributed by atoms with Crippen LogP contribution in [0.4, 0.5) is 5.82 Å². The van der Waals surface area contributed by atoms with E-state index in [-0.39, 0.29) is 0 Å². The van der Waals surface area contributed by atoms with Gasteiger partial charge in [0.15, 0.2) is 5.82 Å². The first-order valence-corrected chi connectivity index (χ1v) is 12.7. The third-order valence-electron chi connectivity index (χ3n) is 6.23. The van der Waals surface area contributed by atoms with E-state index >= 15 is 0 Å². The number of fused-ring (bicyclic) bond motifs is 3. The second kappa shape index (κ2) is 11.1. The summed E-state index contributed by atoms with van der Waals surface area (Å²) in [5.41, 5.74) is 11.7. The molecular formula is C29H38N4O2. The number of aromatic nitrogens is 3. The molecule has 0 amide bonds. The minimum Gasteiger partial charge on any atom is -0.494 e. The zero-order chi connectivity index (χ0) is 24.9. The third-order valence-corrected chi connectivity index (χ3v) is 6.23. The molecule has 0 unspecified atom stereocenters. The molecule has 0 saturated carbocycles. The average Bonchev–Trinajstić information content (AvgIpc) is 3.19. The number of nitrogens with two attached hydrogens (primary N) is 1. The molecule has 2 N–H and O–H groups in total. The first-order valence-electron chi connectivity index (χ1n) is 12.7. The molecule has 186 valence electrons. The highest BCUT2D eigenvalue weighted by Crippen LogP contribution is 2.32. The smallest absolute Gasteiger partial charge is 0.152 e. The molecule has 2 heterocycles. The van der Waals surface area contributed by atoms with E-state index in [0.29, 0.717) is 37.5 Å². The molecule has 6 heteroatoms. The fourth-order valence-electron chi connectivity index (χ4n) is 4.47. The first-order chi connectivity index (χ1) is 16.9. The number of rotatable bonds is 11. The molecule has 6 nitrogen and oxygen atoms in total. The van der Waals surface area contributed by atoms with Gasteiger partial charge < -0.3 is 19.8 Å². The summed E-state index contributed by atoms with van der Waals surface area (Å²) in [6.07, 6.45) is 1.95. The lowest BCUT2D eigenvalue weighted by atomic mass is 9.99. The Hall–Kier alpha value is -3.12. The van der Waals surface area contributed by atoms with Gasteiger partial charge in [-0.05, 0) is 54.9 Å². The number of hydrogen-bond donors (Lipinski definition) is 1. The van der Waals surface area contributed by atoms with Crippen LogP contribution in [0.15, 0.2) is 42.5 Å². The number of nitrogen functional groups attached to an aromatic ring is 1. The summed E-state index contributed by atoms with van der Waals surface area (Å²) < 4.78 is 14.0. The van der Waals surface area contributed by atoms with Gasteiger partial charge in [-0.25, -0.2) is 9.97 Å². The van der Waals surface area contributed by atoms with E-state index in [9.17, 15) is 0 Å². The highest BCUT2D eigenvalue weighted by atomic mass is 16.5. The van der Waals surface area contributed by atoms with Crippen molar-refractivity contribution in [1.29, 1.82) is 0 Å². The van der Waals surface area contributed by atoms with Crippen LogP contribution in [0.25, 0.3) is 21.9 Å². The van der Waals surface area contributed by atoms with Crippen molar-refractivity contribution in [1.82, 2.24) is 14.5 Å². The van der Waals surface area contributed by atoms with E-state index in [1.54, 1.807) is 0 Å². The van der Waals surface area contributed by atoms with E-state index in [1.165, 1.54) is 11.1 Å². The van der Waals surface area contributed by atoms with E-state index in [1.807, 2.05) is 19.1 Å². The van der Waals surface area contributed by atoms with Crippen LogP contribution in [-0.4, -0.2) is 27.7 Å². The molecule has 0 saturated heterocycles. The summed E-state index contributed by atoms with van der Waals surface area (Å²) in [7, 11) is 0. The Morgan fingerprint density at radius 2 is 1.86 bits per heavy atom. The lowest BCUT2D eigenvalue weighted by molar-refractivity contribution is 0.125. The molecule has 0 radical (unpaired) electrons. The van der Waals surface area contributed by atoms with Crippen molar-refractivity contribution < 1.29 is 9.47 Å². The predicted molar refractivity (Wildman–Crippen MR) is 144 cm³/mol. The molecule has 2 aromatic heterocycles. The third kappa shape index (κ3) is 5.76. The maximum Gasteiger partial charge on any atom is 0.152 e. The zero-order valence-electron chi connectivity index (χ0n) is 21.7. The quantitative estimate of drug-likeness (QED) is 0.251. The number of benzene rings is 2. The van der Waals surface area contributed by atoms with Gasteiger partial charge in [-0.3, -0.25) is 0 Å². The summed E-state index contributed by atoms with van der Waals surface area (Å²) in [4.78, 5) is 9.46. The Labute approximate surface area is 208 Å². The fraction of sp³-hybridized carbons (Fsp3) is 0.448. The van der Waals surface area contributed by atoms with Gasteiger partial charge >= 0.3 is 0 Å². The van der Waals surface area contributed by atoms with Crippen LogP contribution in [0.5, 0.6) is 5.75 Å². The van der Waals surface area contributed by atoms with Gasteiger partial charge in [-0.15, -0.1) is 0 Å². The first kappa shape index (κ1) is 25.0. The van der Waals surface area contributed by atoms with Crippen molar-refractivity contribution >= 4 is 27.8 Å². The molecule has 4 aromatic rings. The molecule has 0 bridgehead atoms. The molecule has 4 rings (SSSR count). The van der Waals surface area contributed by atoms with Crippen molar-refractivity contribution in [3.63, 3.8) is 0 Å². The average molecular weight is 475 g/mol. The second-order valence-electron chi connectivity index (χ2n) is 9.89. The molecule has 0 spiro atoms. The second-order valence-corrected chi connectivity index (χ2v) is 9.89. The van der Waals surface area contributed by atoms with Crippen LogP contribution in [-0.2, 0) is 24.3 Å². The summed E-state index contributed by atoms with van der Waals surface area (Å²) >= 11 is 0. The normalized spacial score (nSPS) is 11.9. The number of ether oxygens (including phenoxy) is 2. The number of aryl methyl sites for hydroxylation is 1. The largest absolute Gasteiger partial charge is 0.494 e. The van der Waals surface area contributed by atoms with E-state index < -0.39 is 0 Å². The molecule has 0 fully saturated rings. The van der Waals surface area contributed by atoms with Crippen molar-refractivity contribution in [2.24, 2.45) is 5.92 Å². The molecule has 0 aliphatic heterocycles.